The van der Waals surface area contributed by atoms with E-state index in [0.717, 1.165) is 0 Å². The lowest BCUT2D eigenvalue weighted by molar-refractivity contribution is -0.127. The van der Waals surface area contributed by atoms with E-state index in [-0.39, 0.29) is 13.1 Å². The number of benzene rings is 2. The SMILES string of the molecule is O=C(NCc1ccco1)[C@H](c1ccco1)N(C(=O)Cn1nnc2ccccc21)c1ccc(Cl)cc1. The van der Waals surface area contributed by atoms with Gasteiger partial charge in [-0.1, -0.05) is 28.9 Å². The third-order valence-corrected chi connectivity index (χ3v) is 5.67. The van der Waals surface area contributed by atoms with Crippen molar-refractivity contribution in [3.05, 3.63) is 102 Å². The number of carbonyl (C=O) groups excluding carboxylic acids is 2. The molecule has 0 bridgehead atoms. The number of nitrogens with one attached hydrogen (secondary N) is 1. The second kappa shape index (κ2) is 9.86. The zero-order valence-corrected chi connectivity index (χ0v) is 19.1. The first-order valence-corrected chi connectivity index (χ1v) is 11.2. The Morgan fingerprint density at radius 3 is 2.49 bits per heavy atom. The standard InChI is InChI=1S/C25H20ClN5O4/c26-17-9-11-18(12-10-17)31(23(32)16-30-21-7-2-1-6-20(21)28-29-30)24(22-8-4-14-35-22)25(33)27-15-19-5-3-13-34-19/h1-14,24H,15-16H2,(H,27,33)/t24-/m0/s1. The molecular formula is C25H20ClN5O4. The highest BCUT2D eigenvalue weighted by molar-refractivity contribution is 6.30. The van der Waals surface area contributed by atoms with Crippen LogP contribution in [0.5, 0.6) is 0 Å². The highest BCUT2D eigenvalue weighted by Gasteiger charge is 2.35. The van der Waals surface area contributed by atoms with Gasteiger partial charge in [-0.25, -0.2) is 4.68 Å². The Hall–Kier alpha value is -4.37. The molecule has 3 aromatic heterocycles. The first-order chi connectivity index (χ1) is 17.1. The van der Waals surface area contributed by atoms with Crippen LogP contribution in [0.15, 0.2) is 94.2 Å². The lowest BCUT2D eigenvalue weighted by atomic mass is 10.1. The van der Waals surface area contributed by atoms with Crippen molar-refractivity contribution in [1.82, 2.24) is 20.3 Å². The van der Waals surface area contributed by atoms with Gasteiger partial charge in [0.25, 0.3) is 5.91 Å². The molecule has 0 saturated heterocycles. The van der Waals surface area contributed by atoms with Crippen molar-refractivity contribution in [3.8, 4) is 0 Å². The van der Waals surface area contributed by atoms with Gasteiger partial charge in [0.05, 0.1) is 24.6 Å². The van der Waals surface area contributed by atoms with Gasteiger partial charge in [0.15, 0.2) is 6.04 Å². The first-order valence-electron chi connectivity index (χ1n) is 10.8. The molecule has 0 unspecified atom stereocenters. The van der Waals surface area contributed by atoms with Crippen molar-refractivity contribution < 1.29 is 18.4 Å². The second-order valence-electron chi connectivity index (χ2n) is 7.69. The van der Waals surface area contributed by atoms with Gasteiger partial charge < -0.3 is 14.2 Å². The van der Waals surface area contributed by atoms with Gasteiger partial charge in [-0.2, -0.15) is 0 Å². The molecule has 2 aromatic carbocycles. The summed E-state index contributed by atoms with van der Waals surface area (Å²) in [4.78, 5) is 28.6. The summed E-state index contributed by atoms with van der Waals surface area (Å²) in [6.07, 6.45) is 2.98. The Bertz CT molecular complexity index is 1430. The lowest BCUT2D eigenvalue weighted by Gasteiger charge is -2.30. The minimum atomic E-state index is -1.09. The van der Waals surface area contributed by atoms with Gasteiger partial charge in [-0.3, -0.25) is 14.5 Å². The van der Waals surface area contributed by atoms with E-state index in [1.54, 1.807) is 48.5 Å². The third-order valence-electron chi connectivity index (χ3n) is 5.41. The molecule has 1 N–H and O–H groups in total. The summed E-state index contributed by atoms with van der Waals surface area (Å²) < 4.78 is 12.4. The Morgan fingerprint density at radius 1 is 0.971 bits per heavy atom. The number of furan rings is 2. The molecule has 0 aliphatic rings. The maximum Gasteiger partial charge on any atom is 0.251 e. The van der Waals surface area contributed by atoms with Crippen molar-refractivity contribution in [3.63, 3.8) is 0 Å². The largest absolute Gasteiger partial charge is 0.467 e. The van der Waals surface area contributed by atoms with Gasteiger partial charge in [0.2, 0.25) is 5.91 Å². The number of rotatable bonds is 8. The van der Waals surface area contributed by atoms with Crippen LogP contribution >= 0.6 is 11.6 Å². The smallest absolute Gasteiger partial charge is 0.251 e. The number of carbonyl (C=O) groups is 2. The molecule has 0 saturated carbocycles. The summed E-state index contributed by atoms with van der Waals surface area (Å²) in [6, 6.07) is 19.7. The van der Waals surface area contributed by atoms with Crippen molar-refractivity contribution in [2.24, 2.45) is 0 Å². The fraction of sp³-hybridized carbons (Fsp3) is 0.120. The number of anilines is 1. The topological polar surface area (TPSA) is 106 Å². The molecule has 35 heavy (non-hydrogen) atoms. The van der Waals surface area contributed by atoms with Crippen LogP contribution in [0.2, 0.25) is 5.02 Å². The maximum atomic E-state index is 13.8. The minimum absolute atomic E-state index is 0.147. The molecule has 0 spiro atoms. The fourth-order valence-corrected chi connectivity index (χ4v) is 3.91. The predicted molar refractivity (Wildman–Crippen MR) is 128 cm³/mol. The highest BCUT2D eigenvalue weighted by atomic mass is 35.5. The van der Waals surface area contributed by atoms with Crippen LogP contribution < -0.4 is 10.2 Å². The molecule has 9 nitrogen and oxygen atoms in total. The third kappa shape index (κ3) is 4.80. The molecule has 2 amide bonds. The summed E-state index contributed by atoms with van der Waals surface area (Å²) >= 11 is 6.09. The van der Waals surface area contributed by atoms with Crippen LogP contribution in [0, 0.1) is 0 Å². The van der Waals surface area contributed by atoms with E-state index in [1.165, 1.54) is 22.1 Å². The number of para-hydroxylation sites is 1. The molecule has 3 heterocycles. The number of nitrogens with zero attached hydrogens (tertiary/aromatic N) is 4. The van der Waals surface area contributed by atoms with Crippen molar-refractivity contribution in [1.29, 1.82) is 0 Å². The average molecular weight is 490 g/mol. The summed E-state index contributed by atoms with van der Waals surface area (Å²) in [5, 5.41) is 11.6. The Labute approximate surface area is 204 Å². The summed E-state index contributed by atoms with van der Waals surface area (Å²) in [6.45, 7) is 0.00517. The van der Waals surface area contributed by atoms with E-state index in [2.05, 4.69) is 15.6 Å². The quantitative estimate of drug-likeness (QED) is 0.347. The van der Waals surface area contributed by atoms with Crippen LogP contribution in [-0.4, -0.2) is 26.8 Å². The van der Waals surface area contributed by atoms with Gasteiger partial charge in [-0.15, -0.1) is 5.10 Å². The van der Waals surface area contributed by atoms with Gasteiger partial charge in [0, 0.05) is 10.7 Å². The van der Waals surface area contributed by atoms with Crippen LogP contribution in [0.25, 0.3) is 11.0 Å². The Morgan fingerprint density at radius 2 is 1.74 bits per heavy atom. The van der Waals surface area contributed by atoms with Gasteiger partial charge in [-0.05, 0) is 60.7 Å². The van der Waals surface area contributed by atoms with Crippen molar-refractivity contribution in [2.45, 2.75) is 19.1 Å². The summed E-state index contributed by atoms with van der Waals surface area (Å²) in [7, 11) is 0. The number of halogens is 1. The Balaban J connectivity index is 1.51. The van der Waals surface area contributed by atoms with E-state index in [1.807, 2.05) is 24.3 Å². The fourth-order valence-electron chi connectivity index (χ4n) is 3.78. The highest BCUT2D eigenvalue weighted by Crippen LogP contribution is 2.30. The van der Waals surface area contributed by atoms with Crippen LogP contribution in [0.3, 0.4) is 0 Å². The molecule has 5 rings (SSSR count). The minimum Gasteiger partial charge on any atom is -0.467 e. The summed E-state index contributed by atoms with van der Waals surface area (Å²) in [5.41, 5.74) is 1.84. The lowest BCUT2D eigenvalue weighted by Crippen LogP contribution is -2.45. The maximum absolute atomic E-state index is 13.8. The number of hydrogen-bond acceptors (Lipinski definition) is 6. The van der Waals surface area contributed by atoms with Gasteiger partial charge in [0.1, 0.15) is 23.6 Å². The average Bonchev–Trinajstić information content (AvgIpc) is 3.65. The van der Waals surface area contributed by atoms with Gasteiger partial charge >= 0.3 is 0 Å². The zero-order valence-electron chi connectivity index (χ0n) is 18.4. The zero-order chi connectivity index (χ0) is 24.2. The monoisotopic (exact) mass is 489 g/mol. The number of aromatic nitrogens is 3. The van der Waals surface area contributed by atoms with Crippen LogP contribution in [-0.2, 0) is 22.7 Å². The molecule has 1 atom stereocenters. The van der Waals surface area contributed by atoms with E-state index in [9.17, 15) is 9.59 Å². The van der Waals surface area contributed by atoms with Crippen molar-refractivity contribution in [2.75, 3.05) is 4.90 Å². The van der Waals surface area contributed by atoms with E-state index in [0.29, 0.717) is 33.3 Å². The van der Waals surface area contributed by atoms with Crippen molar-refractivity contribution >= 4 is 40.1 Å². The van der Waals surface area contributed by atoms with E-state index in [4.69, 9.17) is 20.4 Å². The molecule has 176 valence electrons. The van der Waals surface area contributed by atoms with Crippen LogP contribution in [0.1, 0.15) is 17.6 Å². The normalized spacial score (nSPS) is 11.9. The summed E-state index contributed by atoms with van der Waals surface area (Å²) in [5.74, 6) is 0.0457. The Kier molecular flexibility index (Phi) is 6.32. The molecular weight excluding hydrogens is 470 g/mol. The molecule has 0 fully saturated rings. The number of hydrogen-bond donors (Lipinski definition) is 1. The molecule has 0 radical (unpaired) electrons. The van der Waals surface area contributed by atoms with E-state index < -0.39 is 17.9 Å². The predicted octanol–water partition coefficient (Wildman–Crippen LogP) is 4.36. The molecule has 0 aliphatic carbocycles. The van der Waals surface area contributed by atoms with Crippen LogP contribution in [0.4, 0.5) is 5.69 Å². The molecule has 5 aromatic rings. The molecule has 10 heteroatoms. The number of amides is 2. The molecule has 0 aliphatic heterocycles. The van der Waals surface area contributed by atoms with E-state index >= 15 is 0 Å². The first kappa shape index (κ1) is 22.4. The number of fused-ring (bicyclic) bond motifs is 1. The second-order valence-corrected chi connectivity index (χ2v) is 8.13.